The SMILES string of the molecule is CCc1cccc(CS)c1. The van der Waals surface area contributed by atoms with Crippen molar-refractivity contribution in [3.05, 3.63) is 35.4 Å². The van der Waals surface area contributed by atoms with E-state index in [4.69, 9.17) is 0 Å². The summed E-state index contributed by atoms with van der Waals surface area (Å²) >= 11 is 4.20. The molecular weight excluding hydrogens is 140 g/mol. The first kappa shape index (κ1) is 7.67. The second-order valence-electron chi connectivity index (χ2n) is 2.33. The van der Waals surface area contributed by atoms with Crippen LogP contribution >= 0.6 is 12.6 Å². The molecule has 1 rings (SSSR count). The molecule has 0 spiro atoms. The maximum absolute atomic E-state index is 4.20. The van der Waals surface area contributed by atoms with Gasteiger partial charge < -0.3 is 0 Å². The van der Waals surface area contributed by atoms with Crippen LogP contribution in [-0.2, 0) is 12.2 Å². The van der Waals surface area contributed by atoms with Gasteiger partial charge in [0.25, 0.3) is 0 Å². The van der Waals surface area contributed by atoms with Crippen LogP contribution in [0.5, 0.6) is 0 Å². The molecule has 0 heterocycles. The molecule has 0 N–H and O–H groups in total. The summed E-state index contributed by atoms with van der Waals surface area (Å²) < 4.78 is 0. The summed E-state index contributed by atoms with van der Waals surface area (Å²) in [6.45, 7) is 2.16. The van der Waals surface area contributed by atoms with Gasteiger partial charge in [-0.05, 0) is 17.5 Å². The Bertz CT molecular complexity index is 186. The number of benzene rings is 1. The number of thiol groups is 1. The second-order valence-corrected chi connectivity index (χ2v) is 2.65. The van der Waals surface area contributed by atoms with E-state index in [1.54, 1.807) is 0 Å². The van der Waals surface area contributed by atoms with Crippen molar-refractivity contribution in [2.75, 3.05) is 0 Å². The summed E-state index contributed by atoms with van der Waals surface area (Å²) in [4.78, 5) is 0. The van der Waals surface area contributed by atoms with E-state index in [1.807, 2.05) is 0 Å². The lowest BCUT2D eigenvalue weighted by Gasteiger charge is -1.98. The molecule has 0 fully saturated rings. The topological polar surface area (TPSA) is 0 Å². The van der Waals surface area contributed by atoms with Crippen molar-refractivity contribution in [3.63, 3.8) is 0 Å². The van der Waals surface area contributed by atoms with Gasteiger partial charge in [-0.25, -0.2) is 0 Å². The van der Waals surface area contributed by atoms with Crippen molar-refractivity contribution in [1.82, 2.24) is 0 Å². The summed E-state index contributed by atoms with van der Waals surface area (Å²) in [5.74, 6) is 0.841. The van der Waals surface area contributed by atoms with Crippen LogP contribution in [0.25, 0.3) is 0 Å². The first-order chi connectivity index (χ1) is 4.86. The fourth-order valence-electron chi connectivity index (χ4n) is 0.948. The number of hydrogen-bond acceptors (Lipinski definition) is 1. The highest BCUT2D eigenvalue weighted by Crippen LogP contribution is 2.07. The van der Waals surface area contributed by atoms with E-state index >= 15 is 0 Å². The molecule has 0 nitrogen and oxygen atoms in total. The lowest BCUT2D eigenvalue weighted by atomic mass is 10.1. The quantitative estimate of drug-likeness (QED) is 0.619. The molecule has 1 heteroatoms. The summed E-state index contributed by atoms with van der Waals surface area (Å²) in [7, 11) is 0. The Kier molecular flexibility index (Phi) is 2.82. The van der Waals surface area contributed by atoms with Gasteiger partial charge >= 0.3 is 0 Å². The third-order valence-electron chi connectivity index (χ3n) is 1.58. The predicted molar refractivity (Wildman–Crippen MR) is 48.5 cm³/mol. The molecule has 0 unspecified atom stereocenters. The molecule has 0 bridgehead atoms. The van der Waals surface area contributed by atoms with Crippen molar-refractivity contribution in [2.24, 2.45) is 0 Å². The molecule has 0 atom stereocenters. The molecule has 0 radical (unpaired) electrons. The van der Waals surface area contributed by atoms with E-state index in [0.717, 1.165) is 12.2 Å². The highest BCUT2D eigenvalue weighted by molar-refractivity contribution is 7.79. The molecule has 54 valence electrons. The summed E-state index contributed by atoms with van der Waals surface area (Å²) in [6.07, 6.45) is 1.11. The average molecular weight is 152 g/mol. The van der Waals surface area contributed by atoms with Gasteiger partial charge in [-0.1, -0.05) is 31.2 Å². The van der Waals surface area contributed by atoms with Crippen LogP contribution in [0.15, 0.2) is 24.3 Å². The Morgan fingerprint density at radius 2 is 2.00 bits per heavy atom. The van der Waals surface area contributed by atoms with Gasteiger partial charge in [-0.15, -0.1) is 0 Å². The first-order valence-corrected chi connectivity index (χ1v) is 4.18. The van der Waals surface area contributed by atoms with Crippen LogP contribution < -0.4 is 0 Å². The van der Waals surface area contributed by atoms with Gasteiger partial charge in [-0.2, -0.15) is 12.6 Å². The summed E-state index contributed by atoms with van der Waals surface area (Å²) in [6, 6.07) is 8.54. The zero-order valence-electron chi connectivity index (χ0n) is 6.17. The van der Waals surface area contributed by atoms with E-state index in [0.29, 0.717) is 0 Å². The minimum atomic E-state index is 0.841. The molecule has 1 aromatic rings. The molecule has 0 aliphatic carbocycles. The van der Waals surface area contributed by atoms with Crippen molar-refractivity contribution in [2.45, 2.75) is 19.1 Å². The maximum atomic E-state index is 4.20. The van der Waals surface area contributed by atoms with Crippen LogP contribution in [0.2, 0.25) is 0 Å². The van der Waals surface area contributed by atoms with Crippen molar-refractivity contribution in [1.29, 1.82) is 0 Å². The summed E-state index contributed by atoms with van der Waals surface area (Å²) in [5.41, 5.74) is 2.70. The lowest BCUT2D eigenvalue weighted by molar-refractivity contribution is 1.13. The Morgan fingerprint density at radius 3 is 2.60 bits per heavy atom. The van der Waals surface area contributed by atoms with Gasteiger partial charge in [0.15, 0.2) is 0 Å². The van der Waals surface area contributed by atoms with Gasteiger partial charge in [-0.3, -0.25) is 0 Å². The standard InChI is InChI=1S/C9H12S/c1-2-8-4-3-5-9(6-8)7-10/h3-6,10H,2,7H2,1H3. The largest absolute Gasteiger partial charge is 0.175 e. The molecular formula is C9H12S. The Balaban J connectivity index is 2.87. The normalized spacial score (nSPS) is 9.80. The van der Waals surface area contributed by atoms with Crippen molar-refractivity contribution in [3.8, 4) is 0 Å². The molecule has 0 saturated carbocycles. The third-order valence-corrected chi connectivity index (χ3v) is 1.95. The fourth-order valence-corrected chi connectivity index (χ4v) is 1.14. The molecule has 0 aliphatic rings. The van der Waals surface area contributed by atoms with E-state index < -0.39 is 0 Å². The van der Waals surface area contributed by atoms with Gasteiger partial charge in [0.05, 0.1) is 0 Å². The van der Waals surface area contributed by atoms with Gasteiger partial charge in [0.1, 0.15) is 0 Å². The zero-order valence-corrected chi connectivity index (χ0v) is 7.07. The zero-order chi connectivity index (χ0) is 7.40. The Morgan fingerprint density at radius 1 is 1.30 bits per heavy atom. The fraction of sp³-hybridized carbons (Fsp3) is 0.333. The molecule has 0 saturated heterocycles. The molecule has 0 aromatic heterocycles. The predicted octanol–water partition coefficient (Wildman–Crippen LogP) is 2.68. The Labute approximate surface area is 67.7 Å². The van der Waals surface area contributed by atoms with Crippen LogP contribution in [0.4, 0.5) is 0 Å². The van der Waals surface area contributed by atoms with E-state index in [9.17, 15) is 0 Å². The maximum Gasteiger partial charge on any atom is 0.0154 e. The highest BCUT2D eigenvalue weighted by atomic mass is 32.1. The first-order valence-electron chi connectivity index (χ1n) is 3.55. The van der Waals surface area contributed by atoms with Crippen molar-refractivity contribution >= 4 is 12.6 Å². The van der Waals surface area contributed by atoms with Crippen LogP contribution in [0.1, 0.15) is 18.1 Å². The molecule has 10 heavy (non-hydrogen) atoms. The van der Waals surface area contributed by atoms with Crippen LogP contribution in [-0.4, -0.2) is 0 Å². The smallest absolute Gasteiger partial charge is 0.0154 e. The lowest BCUT2D eigenvalue weighted by Crippen LogP contribution is -1.82. The minimum Gasteiger partial charge on any atom is -0.175 e. The van der Waals surface area contributed by atoms with E-state index in [2.05, 4.69) is 43.8 Å². The minimum absolute atomic E-state index is 0.841. The van der Waals surface area contributed by atoms with Crippen molar-refractivity contribution < 1.29 is 0 Å². The molecule has 1 aromatic carbocycles. The monoisotopic (exact) mass is 152 g/mol. The van der Waals surface area contributed by atoms with E-state index in [-0.39, 0.29) is 0 Å². The Hall–Kier alpha value is -0.430. The number of rotatable bonds is 2. The van der Waals surface area contributed by atoms with Crippen LogP contribution in [0, 0.1) is 0 Å². The second kappa shape index (κ2) is 3.67. The van der Waals surface area contributed by atoms with E-state index in [1.165, 1.54) is 11.1 Å². The van der Waals surface area contributed by atoms with Gasteiger partial charge in [0.2, 0.25) is 0 Å². The molecule has 0 amide bonds. The van der Waals surface area contributed by atoms with Gasteiger partial charge in [0, 0.05) is 5.75 Å². The third kappa shape index (κ3) is 1.77. The van der Waals surface area contributed by atoms with Crippen LogP contribution in [0.3, 0.4) is 0 Å². The average Bonchev–Trinajstić information content (AvgIpc) is 2.05. The molecule has 0 aliphatic heterocycles. The summed E-state index contributed by atoms with van der Waals surface area (Å²) in [5, 5.41) is 0. The number of aryl methyl sites for hydroxylation is 1. The highest BCUT2D eigenvalue weighted by Gasteiger charge is 1.89. The number of hydrogen-bond donors (Lipinski definition) is 1.